The third kappa shape index (κ3) is 7.26. The van der Waals surface area contributed by atoms with E-state index in [1.165, 1.54) is 21.8 Å². The van der Waals surface area contributed by atoms with E-state index in [0.29, 0.717) is 0 Å². The number of nitrogens with zero attached hydrogens (tertiary/aromatic N) is 6. The Kier molecular flexibility index (Phi) is 9.67. The van der Waals surface area contributed by atoms with Gasteiger partial charge >= 0.3 is 0 Å². The Labute approximate surface area is 304 Å². The third-order valence-corrected chi connectivity index (χ3v) is 9.42. The molecule has 0 saturated heterocycles. The molecule has 1 N–H and O–H groups in total. The van der Waals surface area contributed by atoms with E-state index in [1.54, 1.807) is 24.8 Å². The first-order valence-electron chi connectivity index (χ1n) is 17.0. The lowest BCUT2D eigenvalue weighted by Gasteiger charge is -2.24. The Morgan fingerprint density at radius 2 is 0.692 bits per heavy atom. The summed E-state index contributed by atoms with van der Waals surface area (Å²) in [5.41, 5.74) is 8.16. The molecule has 8 heteroatoms. The maximum absolute atomic E-state index is 5.01. The maximum atomic E-state index is 5.01. The van der Waals surface area contributed by atoms with Crippen LogP contribution in [-0.4, -0.2) is 24.9 Å². The Morgan fingerprint density at radius 3 is 1.06 bits per heavy atom. The molecule has 7 nitrogen and oxygen atoms in total. The fourth-order valence-electron chi connectivity index (χ4n) is 6.11. The van der Waals surface area contributed by atoms with Crippen LogP contribution in [0.15, 0.2) is 195 Å². The largest absolute Gasteiger partial charge is 0.355 e. The predicted molar refractivity (Wildman–Crippen MR) is 217 cm³/mol. The van der Waals surface area contributed by atoms with E-state index in [-0.39, 0.29) is 8.58 Å². The van der Waals surface area contributed by atoms with Gasteiger partial charge in [-0.15, -0.1) is 0 Å². The highest BCUT2D eigenvalue weighted by Gasteiger charge is 2.17. The zero-order valence-corrected chi connectivity index (χ0v) is 29.2. The Hall–Kier alpha value is -6.69. The van der Waals surface area contributed by atoms with Crippen LogP contribution in [0.25, 0.3) is 21.8 Å². The van der Waals surface area contributed by atoms with Gasteiger partial charge in [0.25, 0.3) is 0 Å². The molecule has 3 heterocycles. The van der Waals surface area contributed by atoms with Gasteiger partial charge in [-0.1, -0.05) is 109 Å². The van der Waals surface area contributed by atoms with E-state index >= 15 is 0 Å². The second kappa shape index (κ2) is 15.5. The average Bonchev–Trinajstić information content (AvgIpc) is 3.59. The SMILES string of the molecule is c1ccc(N(c2ccccc2)c2cncc(Pc3cncc(N(c4ccccc4)c4ccccc4)n3)n2)cc1.c1ccc2c(c1)[nH]c1ccccc12. The number of hydrogen-bond donors (Lipinski definition) is 1. The average molecular weight is 692 g/mol. The van der Waals surface area contributed by atoms with Gasteiger partial charge < -0.3 is 4.98 Å². The molecule has 0 amide bonds. The zero-order valence-electron chi connectivity index (χ0n) is 28.2. The first kappa shape index (κ1) is 32.5. The third-order valence-electron chi connectivity index (χ3n) is 8.43. The summed E-state index contributed by atoms with van der Waals surface area (Å²) < 4.78 is 0. The van der Waals surface area contributed by atoms with Crippen molar-refractivity contribution in [1.29, 1.82) is 0 Å². The number of H-pyrrole nitrogens is 1. The molecule has 0 fully saturated rings. The fourth-order valence-corrected chi connectivity index (χ4v) is 6.99. The monoisotopic (exact) mass is 691 g/mol. The molecule has 52 heavy (non-hydrogen) atoms. The van der Waals surface area contributed by atoms with Crippen molar-refractivity contribution in [3.8, 4) is 0 Å². The van der Waals surface area contributed by atoms with E-state index in [1.807, 2.05) is 72.8 Å². The summed E-state index contributed by atoms with van der Waals surface area (Å²) in [6.07, 6.45) is 7.19. The fraction of sp³-hybridized carbons (Fsp3) is 0. The Bertz CT molecular complexity index is 2260. The Morgan fingerprint density at radius 1 is 0.365 bits per heavy atom. The first-order chi connectivity index (χ1) is 25.8. The van der Waals surface area contributed by atoms with E-state index in [9.17, 15) is 0 Å². The van der Waals surface area contributed by atoms with E-state index in [4.69, 9.17) is 9.97 Å². The van der Waals surface area contributed by atoms with Crippen molar-refractivity contribution in [2.45, 2.75) is 0 Å². The minimum Gasteiger partial charge on any atom is -0.355 e. The number of benzene rings is 6. The molecule has 0 saturated carbocycles. The van der Waals surface area contributed by atoms with Crippen molar-refractivity contribution in [1.82, 2.24) is 24.9 Å². The molecule has 0 aliphatic carbocycles. The van der Waals surface area contributed by atoms with Gasteiger partial charge in [0, 0.05) is 44.6 Å². The number of nitrogens with one attached hydrogen (secondary N) is 1. The van der Waals surface area contributed by atoms with Crippen LogP contribution >= 0.6 is 8.58 Å². The second-order valence-electron chi connectivity index (χ2n) is 11.9. The summed E-state index contributed by atoms with van der Waals surface area (Å²) in [4.78, 5) is 26.7. The van der Waals surface area contributed by atoms with E-state index in [2.05, 4.69) is 122 Å². The summed E-state index contributed by atoms with van der Waals surface area (Å²) in [6.45, 7) is 0. The summed E-state index contributed by atoms with van der Waals surface area (Å²) in [5, 5.41) is 2.61. The standard InChI is InChI=1S/C32H25N6P.C12H9N/c1-5-13-25(14-6-1)37(26-15-7-2-8-16-26)29-21-33-23-31(35-29)39-32-24-34-22-30(36-32)38(27-17-9-3-10-18-27)28-19-11-4-12-20-28;1-3-7-11-9(5-1)10-6-2-4-8-12(10)13-11/h1-24,39H;1-8,13H. The number of para-hydroxylation sites is 6. The number of anilines is 6. The number of aromatic nitrogens is 5. The second-order valence-corrected chi connectivity index (χ2v) is 13.2. The minimum atomic E-state index is 0.185. The highest BCUT2D eigenvalue weighted by atomic mass is 31.1. The Balaban J connectivity index is 0.000000247. The normalized spacial score (nSPS) is 10.8. The molecule has 0 aliphatic rings. The van der Waals surface area contributed by atoms with Crippen molar-refractivity contribution < 1.29 is 0 Å². The molecule has 0 spiro atoms. The molecular weight excluding hydrogens is 658 g/mol. The van der Waals surface area contributed by atoms with Crippen LogP contribution in [0.1, 0.15) is 0 Å². The number of rotatable bonds is 8. The summed E-state index contributed by atoms with van der Waals surface area (Å²) in [5.74, 6) is 1.49. The quantitative estimate of drug-likeness (QED) is 0.160. The van der Waals surface area contributed by atoms with Gasteiger partial charge in [0.2, 0.25) is 0 Å². The molecular formula is C44H34N7P. The summed E-state index contributed by atoms with van der Waals surface area (Å²) in [6, 6.07) is 57.6. The predicted octanol–water partition coefficient (Wildman–Crippen LogP) is 10.2. The van der Waals surface area contributed by atoms with Gasteiger partial charge in [0.05, 0.1) is 35.7 Å². The van der Waals surface area contributed by atoms with Gasteiger partial charge in [0.1, 0.15) is 0 Å². The lowest BCUT2D eigenvalue weighted by atomic mass is 10.2. The molecule has 6 aromatic carbocycles. The van der Waals surface area contributed by atoms with Gasteiger partial charge in [-0.05, 0) is 69.2 Å². The van der Waals surface area contributed by atoms with Crippen LogP contribution in [0.5, 0.6) is 0 Å². The molecule has 9 rings (SSSR count). The van der Waals surface area contributed by atoms with Gasteiger partial charge in [-0.2, -0.15) is 0 Å². The van der Waals surface area contributed by atoms with Crippen molar-refractivity contribution in [2.75, 3.05) is 9.80 Å². The molecule has 0 bridgehead atoms. The van der Waals surface area contributed by atoms with Crippen LogP contribution in [0.3, 0.4) is 0 Å². The topological polar surface area (TPSA) is 73.8 Å². The first-order valence-corrected chi connectivity index (χ1v) is 18.0. The smallest absolute Gasteiger partial charge is 0.156 e. The number of hydrogen-bond acceptors (Lipinski definition) is 6. The van der Waals surface area contributed by atoms with Crippen molar-refractivity contribution in [2.24, 2.45) is 0 Å². The van der Waals surface area contributed by atoms with Gasteiger partial charge in [-0.25, -0.2) is 9.97 Å². The molecule has 0 radical (unpaired) electrons. The van der Waals surface area contributed by atoms with Gasteiger partial charge in [0.15, 0.2) is 11.6 Å². The van der Waals surface area contributed by atoms with Crippen LogP contribution in [0.4, 0.5) is 34.4 Å². The summed E-state index contributed by atoms with van der Waals surface area (Å²) >= 11 is 0. The minimum absolute atomic E-state index is 0.185. The summed E-state index contributed by atoms with van der Waals surface area (Å²) in [7, 11) is 0.185. The molecule has 0 aliphatic heterocycles. The molecule has 0 atom stereocenters. The van der Waals surface area contributed by atoms with Crippen LogP contribution < -0.4 is 20.7 Å². The van der Waals surface area contributed by atoms with E-state index < -0.39 is 0 Å². The van der Waals surface area contributed by atoms with Crippen molar-refractivity contribution >= 4 is 75.6 Å². The van der Waals surface area contributed by atoms with Crippen LogP contribution in [0, 0.1) is 0 Å². The molecule has 3 aromatic heterocycles. The van der Waals surface area contributed by atoms with Crippen LogP contribution in [0.2, 0.25) is 0 Å². The van der Waals surface area contributed by atoms with E-state index in [0.717, 1.165) is 45.3 Å². The lowest BCUT2D eigenvalue weighted by Crippen LogP contribution is -2.19. The molecule has 9 aromatic rings. The van der Waals surface area contributed by atoms with Crippen molar-refractivity contribution in [3.63, 3.8) is 0 Å². The maximum Gasteiger partial charge on any atom is 0.156 e. The number of fused-ring (bicyclic) bond motifs is 3. The van der Waals surface area contributed by atoms with Crippen molar-refractivity contribution in [3.05, 3.63) is 195 Å². The van der Waals surface area contributed by atoms with Gasteiger partial charge in [-0.3, -0.25) is 19.8 Å². The lowest BCUT2D eigenvalue weighted by molar-refractivity contribution is 1.14. The van der Waals surface area contributed by atoms with Crippen LogP contribution in [-0.2, 0) is 0 Å². The molecule has 250 valence electrons. The highest BCUT2D eigenvalue weighted by Crippen LogP contribution is 2.34. The molecule has 0 unspecified atom stereocenters. The highest BCUT2D eigenvalue weighted by molar-refractivity contribution is 7.54. The zero-order chi connectivity index (χ0) is 35.0. The number of aromatic amines is 1.